The van der Waals surface area contributed by atoms with Crippen LogP contribution in [0.2, 0.25) is 0 Å². The highest BCUT2D eigenvalue weighted by atomic mass is 32.2. The minimum atomic E-state index is -0.476. The van der Waals surface area contributed by atoms with Gasteiger partial charge in [-0.25, -0.2) is 0 Å². The molecule has 1 unspecified atom stereocenters. The molecule has 5 rings (SSSR count). The monoisotopic (exact) mass is 620 g/mol. The zero-order chi connectivity index (χ0) is 30.9. The number of rotatable bonds is 10. The van der Waals surface area contributed by atoms with Crippen LogP contribution in [0.5, 0.6) is 0 Å². The molecule has 4 aromatic rings. The van der Waals surface area contributed by atoms with Gasteiger partial charge in [0.1, 0.15) is 16.8 Å². The molecule has 7 nitrogen and oxygen atoms in total. The third-order valence-electron chi connectivity index (χ3n) is 7.19. The van der Waals surface area contributed by atoms with Crippen molar-refractivity contribution in [1.82, 2.24) is 5.32 Å². The lowest BCUT2D eigenvalue weighted by Gasteiger charge is -2.15. The molecule has 3 aromatic carbocycles. The molecular weight excluding hydrogens is 589 g/mol. The van der Waals surface area contributed by atoms with Crippen LogP contribution in [0.25, 0.3) is 6.08 Å². The number of hydrogen-bond acceptors (Lipinski definition) is 6. The predicted octanol–water partition coefficient (Wildman–Crippen LogP) is 7.42. The molecule has 0 saturated carbocycles. The van der Waals surface area contributed by atoms with E-state index in [0.29, 0.717) is 28.2 Å². The Morgan fingerprint density at radius 1 is 0.955 bits per heavy atom. The number of nitriles is 1. The number of hydrogen-bond donors (Lipinski definition) is 3. The van der Waals surface area contributed by atoms with Crippen LogP contribution in [0.1, 0.15) is 58.1 Å². The maximum Gasteiger partial charge on any atom is 0.272 e. The van der Waals surface area contributed by atoms with Crippen molar-refractivity contribution in [3.8, 4) is 6.07 Å². The number of anilines is 2. The van der Waals surface area contributed by atoms with E-state index in [1.54, 1.807) is 36.4 Å². The summed E-state index contributed by atoms with van der Waals surface area (Å²) in [6, 6.07) is 27.6. The molecule has 1 atom stereocenters. The molecule has 1 aliphatic carbocycles. The lowest BCUT2D eigenvalue weighted by molar-refractivity contribution is -0.116. The number of fused-ring (bicyclic) bond motifs is 1. The van der Waals surface area contributed by atoms with E-state index in [1.807, 2.05) is 61.5 Å². The summed E-state index contributed by atoms with van der Waals surface area (Å²) in [6.07, 6.45) is 6.21. The van der Waals surface area contributed by atoms with Gasteiger partial charge in [-0.3, -0.25) is 14.4 Å². The van der Waals surface area contributed by atoms with E-state index < -0.39 is 17.1 Å². The Balaban J connectivity index is 1.29. The maximum atomic E-state index is 13.4. The van der Waals surface area contributed by atoms with Gasteiger partial charge in [0, 0.05) is 21.0 Å². The van der Waals surface area contributed by atoms with Crippen LogP contribution in [0.4, 0.5) is 10.7 Å². The highest BCUT2D eigenvalue weighted by molar-refractivity contribution is 8.00. The standard InChI is InChI=1S/C35H32N4O3S2/c1-2-30(34(42)39-35-28(22-36)27-18-9-10-19-31(27)44-35)43-26-17-11-16-25(21-26)37-33(41)29(20-23-12-5-3-6-13-23)38-32(40)24-14-7-4-8-15-24/h3-8,11-17,20-21,30H,2,9-10,18-19H2,1H3,(H,37,41)(H,38,40)(H,39,42)/b29-20-. The summed E-state index contributed by atoms with van der Waals surface area (Å²) in [7, 11) is 0. The number of carbonyl (C=O) groups excluding carboxylic acids is 3. The van der Waals surface area contributed by atoms with Gasteiger partial charge in [0.25, 0.3) is 11.8 Å². The van der Waals surface area contributed by atoms with Crippen molar-refractivity contribution in [3.05, 3.63) is 118 Å². The number of nitrogens with one attached hydrogen (secondary N) is 3. The first kappa shape index (κ1) is 30.8. The quantitative estimate of drug-likeness (QED) is 0.126. The minimum absolute atomic E-state index is 0.0980. The maximum absolute atomic E-state index is 13.4. The molecule has 3 N–H and O–H groups in total. The van der Waals surface area contributed by atoms with E-state index in [0.717, 1.165) is 41.7 Å². The summed E-state index contributed by atoms with van der Waals surface area (Å²) >= 11 is 2.92. The van der Waals surface area contributed by atoms with Gasteiger partial charge in [0.2, 0.25) is 5.91 Å². The number of thiophene rings is 1. The predicted molar refractivity (Wildman–Crippen MR) is 178 cm³/mol. The van der Waals surface area contributed by atoms with Crippen LogP contribution in [0, 0.1) is 11.3 Å². The fourth-order valence-corrected chi connectivity index (χ4v) is 7.21. The molecule has 0 aliphatic heterocycles. The zero-order valence-corrected chi connectivity index (χ0v) is 25.9. The van der Waals surface area contributed by atoms with E-state index >= 15 is 0 Å². The molecule has 0 radical (unpaired) electrons. The first-order valence-electron chi connectivity index (χ1n) is 14.5. The molecule has 0 bridgehead atoms. The Morgan fingerprint density at radius 3 is 2.41 bits per heavy atom. The van der Waals surface area contributed by atoms with Crippen LogP contribution >= 0.6 is 23.1 Å². The topological polar surface area (TPSA) is 111 Å². The molecule has 222 valence electrons. The highest BCUT2D eigenvalue weighted by Crippen LogP contribution is 2.38. The zero-order valence-electron chi connectivity index (χ0n) is 24.3. The smallest absolute Gasteiger partial charge is 0.272 e. The molecule has 0 saturated heterocycles. The van der Waals surface area contributed by atoms with Gasteiger partial charge < -0.3 is 16.0 Å². The third-order valence-corrected chi connectivity index (χ3v) is 9.76. The normalized spacial score (nSPS) is 13.2. The van der Waals surface area contributed by atoms with Gasteiger partial charge in [-0.15, -0.1) is 23.1 Å². The van der Waals surface area contributed by atoms with Crippen LogP contribution in [0.3, 0.4) is 0 Å². The molecule has 3 amide bonds. The average Bonchev–Trinajstić information content (AvgIpc) is 3.41. The van der Waals surface area contributed by atoms with E-state index in [1.165, 1.54) is 28.0 Å². The Labute approximate surface area is 265 Å². The van der Waals surface area contributed by atoms with Crippen LogP contribution in [-0.4, -0.2) is 23.0 Å². The molecule has 9 heteroatoms. The number of carbonyl (C=O) groups is 3. The summed E-state index contributed by atoms with van der Waals surface area (Å²) < 4.78 is 0. The molecule has 0 spiro atoms. The molecule has 44 heavy (non-hydrogen) atoms. The van der Waals surface area contributed by atoms with Crippen LogP contribution in [0.15, 0.2) is 95.5 Å². The first-order chi connectivity index (χ1) is 21.4. The van der Waals surface area contributed by atoms with Crippen molar-refractivity contribution in [2.45, 2.75) is 49.2 Å². The van der Waals surface area contributed by atoms with Crippen molar-refractivity contribution in [2.75, 3.05) is 10.6 Å². The van der Waals surface area contributed by atoms with Gasteiger partial charge in [0.15, 0.2) is 0 Å². The Morgan fingerprint density at radius 2 is 1.68 bits per heavy atom. The van der Waals surface area contributed by atoms with Crippen molar-refractivity contribution >= 4 is 57.6 Å². The van der Waals surface area contributed by atoms with Crippen molar-refractivity contribution in [2.24, 2.45) is 0 Å². The summed E-state index contributed by atoms with van der Waals surface area (Å²) in [5, 5.41) is 18.7. The first-order valence-corrected chi connectivity index (χ1v) is 16.2. The van der Waals surface area contributed by atoms with Crippen molar-refractivity contribution < 1.29 is 14.4 Å². The fourth-order valence-electron chi connectivity index (χ4n) is 4.96. The number of benzene rings is 3. The van der Waals surface area contributed by atoms with Gasteiger partial charge in [0.05, 0.1) is 10.8 Å². The number of nitrogens with zero attached hydrogens (tertiary/aromatic N) is 1. The van der Waals surface area contributed by atoms with E-state index in [2.05, 4.69) is 22.0 Å². The second-order valence-electron chi connectivity index (χ2n) is 10.3. The summed E-state index contributed by atoms with van der Waals surface area (Å²) in [6.45, 7) is 1.95. The van der Waals surface area contributed by atoms with Crippen LogP contribution < -0.4 is 16.0 Å². The SMILES string of the molecule is CCC(Sc1cccc(NC(=O)/C(=C/c2ccccc2)NC(=O)c2ccccc2)c1)C(=O)Nc1sc2c(c1C#N)CCCC2. The second kappa shape index (κ2) is 14.7. The lowest BCUT2D eigenvalue weighted by Crippen LogP contribution is -2.30. The minimum Gasteiger partial charge on any atom is -0.321 e. The van der Waals surface area contributed by atoms with E-state index in [9.17, 15) is 19.6 Å². The summed E-state index contributed by atoms with van der Waals surface area (Å²) in [4.78, 5) is 41.7. The number of amides is 3. The van der Waals surface area contributed by atoms with Gasteiger partial charge in [-0.2, -0.15) is 5.26 Å². The molecule has 1 aliphatic rings. The Hall–Kier alpha value is -4.65. The van der Waals surface area contributed by atoms with Gasteiger partial charge in [-0.05, 0) is 79.6 Å². The Kier molecular flexibility index (Phi) is 10.3. The third kappa shape index (κ3) is 7.64. The number of thioether (sulfide) groups is 1. The van der Waals surface area contributed by atoms with Gasteiger partial charge in [-0.1, -0.05) is 61.5 Å². The lowest BCUT2D eigenvalue weighted by atomic mass is 9.96. The molecule has 1 aromatic heterocycles. The number of aryl methyl sites for hydroxylation is 1. The summed E-state index contributed by atoms with van der Waals surface area (Å²) in [5.74, 6) is -1.02. The fraction of sp³-hybridized carbons (Fsp3) is 0.200. The largest absolute Gasteiger partial charge is 0.321 e. The second-order valence-corrected chi connectivity index (χ2v) is 12.7. The van der Waals surface area contributed by atoms with E-state index in [-0.39, 0.29) is 11.6 Å². The van der Waals surface area contributed by atoms with Crippen molar-refractivity contribution in [3.63, 3.8) is 0 Å². The molecule has 1 heterocycles. The Bertz CT molecular complexity index is 1730. The van der Waals surface area contributed by atoms with Gasteiger partial charge >= 0.3 is 0 Å². The molecule has 0 fully saturated rings. The van der Waals surface area contributed by atoms with E-state index in [4.69, 9.17) is 0 Å². The average molecular weight is 621 g/mol. The summed E-state index contributed by atoms with van der Waals surface area (Å²) in [5.41, 5.74) is 3.51. The highest BCUT2D eigenvalue weighted by Gasteiger charge is 2.25. The van der Waals surface area contributed by atoms with Crippen LogP contribution in [-0.2, 0) is 22.4 Å². The van der Waals surface area contributed by atoms with Crippen molar-refractivity contribution in [1.29, 1.82) is 5.26 Å². The molecular formula is C35H32N4O3S2.